The number of carbonyl (C=O) groups excluding carboxylic acids is 1. The van der Waals surface area contributed by atoms with Gasteiger partial charge in [0.2, 0.25) is 0 Å². The minimum absolute atomic E-state index is 0.120. The number of aromatic carboxylic acids is 1. The molecule has 1 aromatic carbocycles. The van der Waals surface area contributed by atoms with E-state index in [0.717, 1.165) is 31.0 Å². The van der Waals surface area contributed by atoms with Crippen LogP contribution in [-0.2, 0) is 0 Å². The number of hydrogen-bond donors (Lipinski definition) is 2. The Morgan fingerprint density at radius 1 is 1.16 bits per heavy atom. The van der Waals surface area contributed by atoms with Gasteiger partial charge in [0.25, 0.3) is 0 Å². The molecule has 0 atom stereocenters. The summed E-state index contributed by atoms with van der Waals surface area (Å²) in [6.45, 7) is 1.52. The first-order chi connectivity index (χ1) is 9.16. The van der Waals surface area contributed by atoms with Crippen molar-refractivity contribution in [2.75, 3.05) is 29.9 Å². The van der Waals surface area contributed by atoms with Crippen LogP contribution in [-0.4, -0.2) is 46.6 Å². The summed E-state index contributed by atoms with van der Waals surface area (Å²) in [6, 6.07) is 6.06. The number of hydrogen-bond acceptors (Lipinski definition) is 3. The topological polar surface area (TPSA) is 69.6 Å². The van der Waals surface area contributed by atoms with Crippen molar-refractivity contribution in [3.05, 3.63) is 29.8 Å². The molecular weight excluding hydrogens is 264 g/mol. The first kappa shape index (κ1) is 13.7. The van der Waals surface area contributed by atoms with E-state index in [1.54, 1.807) is 17.0 Å². The van der Waals surface area contributed by atoms with Crippen LogP contribution in [0, 0.1) is 0 Å². The van der Waals surface area contributed by atoms with E-state index < -0.39 is 5.97 Å². The maximum atomic E-state index is 12.0. The molecular formula is C13H16N2O3S. The first-order valence-electron chi connectivity index (χ1n) is 6.14. The van der Waals surface area contributed by atoms with Crippen molar-refractivity contribution in [2.24, 2.45) is 0 Å². The van der Waals surface area contributed by atoms with Crippen molar-refractivity contribution in [2.45, 2.75) is 6.42 Å². The number of carboxylic acid groups (broad SMARTS) is 1. The highest BCUT2D eigenvalue weighted by molar-refractivity contribution is 7.99. The Balaban J connectivity index is 1.95. The molecule has 1 aromatic rings. The van der Waals surface area contributed by atoms with Crippen molar-refractivity contribution in [3.63, 3.8) is 0 Å². The van der Waals surface area contributed by atoms with Gasteiger partial charge in [0.15, 0.2) is 0 Å². The van der Waals surface area contributed by atoms with Gasteiger partial charge < -0.3 is 15.3 Å². The second kappa shape index (κ2) is 6.47. The van der Waals surface area contributed by atoms with E-state index in [4.69, 9.17) is 5.11 Å². The highest BCUT2D eigenvalue weighted by Crippen LogP contribution is 2.13. The molecule has 0 spiro atoms. The molecule has 1 aliphatic rings. The molecule has 0 radical (unpaired) electrons. The minimum Gasteiger partial charge on any atom is -0.478 e. The number of carboxylic acids is 1. The number of nitrogens with zero attached hydrogens (tertiary/aromatic N) is 1. The van der Waals surface area contributed by atoms with E-state index in [1.807, 2.05) is 11.8 Å². The van der Waals surface area contributed by atoms with E-state index in [0.29, 0.717) is 5.69 Å². The highest BCUT2D eigenvalue weighted by Gasteiger charge is 2.15. The molecule has 1 heterocycles. The summed E-state index contributed by atoms with van der Waals surface area (Å²) in [5.41, 5.74) is 0.830. The van der Waals surface area contributed by atoms with Crippen LogP contribution in [0.1, 0.15) is 16.8 Å². The summed E-state index contributed by atoms with van der Waals surface area (Å²) in [7, 11) is 0. The van der Waals surface area contributed by atoms with E-state index in [-0.39, 0.29) is 11.6 Å². The molecule has 0 unspecified atom stereocenters. The van der Waals surface area contributed by atoms with Gasteiger partial charge in [-0.15, -0.1) is 0 Å². The molecule has 6 heteroatoms. The molecule has 0 bridgehead atoms. The van der Waals surface area contributed by atoms with E-state index in [1.165, 1.54) is 12.1 Å². The van der Waals surface area contributed by atoms with Crippen molar-refractivity contribution in [3.8, 4) is 0 Å². The van der Waals surface area contributed by atoms with Gasteiger partial charge in [-0.2, -0.15) is 11.8 Å². The highest BCUT2D eigenvalue weighted by atomic mass is 32.2. The summed E-state index contributed by atoms with van der Waals surface area (Å²) in [5, 5.41) is 11.6. The van der Waals surface area contributed by atoms with Gasteiger partial charge in [-0.25, -0.2) is 9.59 Å². The minimum atomic E-state index is -0.970. The van der Waals surface area contributed by atoms with Crippen LogP contribution in [0.3, 0.4) is 0 Å². The Morgan fingerprint density at radius 2 is 1.89 bits per heavy atom. The average molecular weight is 280 g/mol. The van der Waals surface area contributed by atoms with E-state index in [9.17, 15) is 9.59 Å². The van der Waals surface area contributed by atoms with Crippen LogP contribution in [0.2, 0.25) is 0 Å². The predicted molar refractivity (Wildman–Crippen MR) is 75.9 cm³/mol. The molecule has 2 N–H and O–H groups in total. The third-order valence-electron chi connectivity index (χ3n) is 2.89. The van der Waals surface area contributed by atoms with Crippen molar-refractivity contribution < 1.29 is 14.7 Å². The molecule has 1 fully saturated rings. The lowest BCUT2D eigenvalue weighted by molar-refractivity contribution is 0.0697. The maximum Gasteiger partial charge on any atom is 0.335 e. The van der Waals surface area contributed by atoms with E-state index >= 15 is 0 Å². The zero-order chi connectivity index (χ0) is 13.7. The molecule has 0 saturated carbocycles. The van der Waals surface area contributed by atoms with Gasteiger partial charge in [-0.3, -0.25) is 0 Å². The molecule has 0 aromatic heterocycles. The van der Waals surface area contributed by atoms with Gasteiger partial charge in [0, 0.05) is 24.5 Å². The second-order valence-electron chi connectivity index (χ2n) is 4.27. The monoisotopic (exact) mass is 280 g/mol. The fourth-order valence-corrected chi connectivity index (χ4v) is 2.73. The normalized spacial score (nSPS) is 15.7. The smallest absolute Gasteiger partial charge is 0.335 e. The van der Waals surface area contributed by atoms with Crippen LogP contribution in [0.5, 0.6) is 0 Å². The van der Waals surface area contributed by atoms with Crippen LogP contribution in [0.25, 0.3) is 0 Å². The average Bonchev–Trinajstić information content (AvgIpc) is 2.68. The second-order valence-corrected chi connectivity index (χ2v) is 5.49. The van der Waals surface area contributed by atoms with Crippen molar-refractivity contribution in [1.82, 2.24) is 4.90 Å². The Morgan fingerprint density at radius 3 is 2.58 bits per heavy atom. The summed E-state index contributed by atoms with van der Waals surface area (Å²) >= 11 is 1.86. The molecule has 2 amide bonds. The molecule has 1 aliphatic heterocycles. The largest absolute Gasteiger partial charge is 0.478 e. The lowest BCUT2D eigenvalue weighted by Crippen LogP contribution is -2.36. The van der Waals surface area contributed by atoms with Gasteiger partial charge in [-0.05, 0) is 36.4 Å². The first-order valence-corrected chi connectivity index (χ1v) is 7.29. The summed E-state index contributed by atoms with van der Waals surface area (Å²) in [5.74, 6) is 1.09. The molecule has 19 heavy (non-hydrogen) atoms. The molecule has 5 nitrogen and oxygen atoms in total. The lowest BCUT2D eigenvalue weighted by atomic mass is 10.2. The Kier molecular flexibility index (Phi) is 4.68. The number of benzene rings is 1. The number of anilines is 1. The lowest BCUT2D eigenvalue weighted by Gasteiger charge is -2.20. The number of rotatable bonds is 2. The number of nitrogens with one attached hydrogen (secondary N) is 1. The van der Waals surface area contributed by atoms with Crippen LogP contribution >= 0.6 is 11.8 Å². The Bertz CT molecular complexity index is 453. The molecule has 1 saturated heterocycles. The fraction of sp³-hybridized carbons (Fsp3) is 0.385. The van der Waals surface area contributed by atoms with Gasteiger partial charge in [0.1, 0.15) is 0 Å². The predicted octanol–water partition coefficient (Wildman–Crippen LogP) is 2.36. The quantitative estimate of drug-likeness (QED) is 0.872. The van der Waals surface area contributed by atoms with Crippen LogP contribution < -0.4 is 5.32 Å². The summed E-state index contributed by atoms with van der Waals surface area (Å²) in [6.07, 6.45) is 1.01. The zero-order valence-corrected chi connectivity index (χ0v) is 11.3. The Labute approximate surface area is 116 Å². The van der Waals surface area contributed by atoms with Crippen LogP contribution in [0.15, 0.2) is 24.3 Å². The van der Waals surface area contributed by atoms with Gasteiger partial charge in [-0.1, -0.05) is 0 Å². The standard InChI is InChI=1S/C13H16N2O3S/c16-12(17)10-2-4-11(5-3-10)14-13(18)15-6-1-8-19-9-7-15/h2-5H,1,6-9H2,(H,14,18)(H,16,17). The van der Waals surface area contributed by atoms with E-state index in [2.05, 4.69) is 5.32 Å². The zero-order valence-electron chi connectivity index (χ0n) is 10.5. The van der Waals surface area contributed by atoms with Gasteiger partial charge >= 0.3 is 12.0 Å². The number of urea groups is 1. The SMILES string of the molecule is O=C(O)c1ccc(NC(=O)N2CCCSCC2)cc1. The molecule has 0 aliphatic carbocycles. The molecule has 102 valence electrons. The fourth-order valence-electron chi connectivity index (χ4n) is 1.85. The van der Waals surface area contributed by atoms with Gasteiger partial charge in [0.05, 0.1) is 5.56 Å². The molecule has 2 rings (SSSR count). The maximum absolute atomic E-state index is 12.0. The number of carbonyl (C=O) groups is 2. The summed E-state index contributed by atoms with van der Waals surface area (Å²) < 4.78 is 0. The third-order valence-corrected chi connectivity index (χ3v) is 3.94. The third kappa shape index (κ3) is 3.89. The van der Waals surface area contributed by atoms with Crippen molar-refractivity contribution in [1.29, 1.82) is 0 Å². The Hall–Kier alpha value is -1.69. The number of amides is 2. The number of thioether (sulfide) groups is 1. The van der Waals surface area contributed by atoms with Crippen LogP contribution in [0.4, 0.5) is 10.5 Å². The summed E-state index contributed by atoms with van der Waals surface area (Å²) in [4.78, 5) is 24.5. The van der Waals surface area contributed by atoms with Crippen molar-refractivity contribution >= 4 is 29.4 Å².